The molecule has 0 spiro atoms. The Kier molecular flexibility index (Phi) is 22.5. The topological polar surface area (TPSA) is 515 Å². The van der Waals surface area contributed by atoms with Gasteiger partial charge in [-0.15, -0.1) is 0 Å². The monoisotopic (exact) mass is 1060 g/mol. The zero-order valence-electron chi connectivity index (χ0n) is 38.9. The van der Waals surface area contributed by atoms with Gasteiger partial charge in [-0.1, -0.05) is 0 Å². The van der Waals surface area contributed by atoms with E-state index in [9.17, 15) is 102 Å². The summed E-state index contributed by atoms with van der Waals surface area (Å²) >= 11 is 0. The molecule has 0 radical (unpaired) electrons. The lowest BCUT2D eigenvalue weighted by molar-refractivity contribution is -0.380. The largest absolute Gasteiger partial charge is 0.394 e. The molecule has 0 unspecified atom stereocenters. The standard InChI is InChI=1S/C40H70N2O30/c1-10-21(52)27(58)29(60)38(64-10)71-34-20(42-12(3)49)36(67-17(8-47)33(34)70-39-30(61)28(59)24(55)16(7-46)66-39)63-9-18-25(56)35(72-37-19(41-11(2)48)26(57)23(54)15(6-45)65-37)31(62)40(68-18)69-32(14(51)5-44)22(53)13(50)4-43/h10,13-40,43-47,50-62H,4-9H2,1-3H3,(H,41,48)(H,42,49)/t10-,13-,14+,15+,16+,17+,18+,19+,20+,21+,22+,23+,24-,25-,26+,27+,28-,29-,30+,31+,32+,33+,34+,35-,36+,37-,38-,39-,40-/m0/s1. The van der Waals surface area contributed by atoms with Gasteiger partial charge in [0.05, 0.1) is 45.7 Å². The molecule has 420 valence electrons. The van der Waals surface area contributed by atoms with Gasteiger partial charge in [-0.3, -0.25) is 9.59 Å². The van der Waals surface area contributed by atoms with E-state index in [4.69, 9.17) is 47.4 Å². The number of rotatable bonds is 21. The van der Waals surface area contributed by atoms with Crippen LogP contribution in [0.3, 0.4) is 0 Å². The van der Waals surface area contributed by atoms with E-state index in [0.717, 1.165) is 13.8 Å². The Morgan fingerprint density at radius 1 is 0.472 bits per heavy atom. The van der Waals surface area contributed by atoms with Crippen molar-refractivity contribution in [1.82, 2.24) is 10.6 Å². The minimum atomic E-state index is -2.28. The first kappa shape index (κ1) is 60.7. The number of aliphatic hydroxyl groups is 18. The molecule has 0 bridgehead atoms. The molecule has 0 saturated carbocycles. The van der Waals surface area contributed by atoms with Gasteiger partial charge in [0.1, 0.15) is 140 Å². The molecule has 5 saturated heterocycles. The van der Waals surface area contributed by atoms with Crippen LogP contribution < -0.4 is 10.6 Å². The molecule has 32 nitrogen and oxygen atoms in total. The lowest BCUT2D eigenvalue weighted by Gasteiger charge is -2.50. The van der Waals surface area contributed by atoms with E-state index in [0.29, 0.717) is 0 Å². The number of amides is 2. The van der Waals surface area contributed by atoms with E-state index in [1.165, 1.54) is 6.92 Å². The summed E-state index contributed by atoms with van der Waals surface area (Å²) in [6.45, 7) is -2.83. The van der Waals surface area contributed by atoms with Crippen molar-refractivity contribution in [2.45, 2.75) is 199 Å². The van der Waals surface area contributed by atoms with Crippen LogP contribution in [0.1, 0.15) is 20.8 Å². The summed E-state index contributed by atoms with van der Waals surface area (Å²) in [6.07, 6.45) is -51.9. The number of hydrogen-bond donors (Lipinski definition) is 20. The summed E-state index contributed by atoms with van der Waals surface area (Å²) in [6, 6.07) is -3.43. The molecular formula is C40H70N2O30. The smallest absolute Gasteiger partial charge is 0.217 e. The van der Waals surface area contributed by atoms with Gasteiger partial charge in [0.15, 0.2) is 31.5 Å². The third kappa shape index (κ3) is 13.7. The average molecular weight is 1060 g/mol. The van der Waals surface area contributed by atoms with Crippen molar-refractivity contribution in [1.29, 1.82) is 0 Å². The first-order valence-corrected chi connectivity index (χ1v) is 22.9. The van der Waals surface area contributed by atoms with Gasteiger partial charge in [-0.25, -0.2) is 0 Å². The number of carbonyl (C=O) groups is 2. The van der Waals surface area contributed by atoms with Gasteiger partial charge in [0, 0.05) is 13.8 Å². The van der Waals surface area contributed by atoms with Gasteiger partial charge in [-0.05, 0) is 6.92 Å². The molecule has 5 aliphatic heterocycles. The van der Waals surface area contributed by atoms with Gasteiger partial charge in [0.25, 0.3) is 0 Å². The molecule has 72 heavy (non-hydrogen) atoms. The first-order chi connectivity index (χ1) is 33.9. The summed E-state index contributed by atoms with van der Waals surface area (Å²) in [4.78, 5) is 25.2. The molecule has 32 heteroatoms. The van der Waals surface area contributed by atoms with Crippen LogP contribution >= 0.6 is 0 Å². The highest BCUT2D eigenvalue weighted by atomic mass is 16.8. The van der Waals surface area contributed by atoms with Crippen molar-refractivity contribution in [2.24, 2.45) is 0 Å². The molecule has 0 aliphatic carbocycles. The third-order valence-electron chi connectivity index (χ3n) is 12.8. The second-order valence-electron chi connectivity index (χ2n) is 18.0. The molecular weight excluding hydrogens is 988 g/mol. The van der Waals surface area contributed by atoms with Crippen molar-refractivity contribution < 1.29 is 149 Å². The molecule has 20 N–H and O–H groups in total. The molecule has 5 heterocycles. The van der Waals surface area contributed by atoms with E-state index >= 15 is 0 Å². The average Bonchev–Trinajstić information content (AvgIpc) is 3.35. The fraction of sp³-hybridized carbons (Fsp3) is 0.950. The highest BCUT2D eigenvalue weighted by Crippen LogP contribution is 2.36. The molecule has 29 atom stereocenters. The lowest BCUT2D eigenvalue weighted by atomic mass is 9.94. The van der Waals surface area contributed by atoms with Crippen molar-refractivity contribution in [3.63, 3.8) is 0 Å². The van der Waals surface area contributed by atoms with E-state index in [-0.39, 0.29) is 0 Å². The third-order valence-corrected chi connectivity index (χ3v) is 12.8. The van der Waals surface area contributed by atoms with Crippen molar-refractivity contribution in [2.75, 3.05) is 39.6 Å². The normalized spacial score (nSPS) is 45.7. The summed E-state index contributed by atoms with van der Waals surface area (Å²) in [5.41, 5.74) is 0. The first-order valence-electron chi connectivity index (χ1n) is 22.9. The van der Waals surface area contributed by atoms with Crippen LogP contribution in [0.2, 0.25) is 0 Å². The van der Waals surface area contributed by atoms with Crippen molar-refractivity contribution in [3.05, 3.63) is 0 Å². The summed E-state index contributed by atoms with van der Waals surface area (Å²) in [5, 5.41) is 195. The number of nitrogens with one attached hydrogen (secondary N) is 2. The number of hydrogen-bond acceptors (Lipinski definition) is 30. The highest BCUT2D eigenvalue weighted by Gasteiger charge is 2.57. The summed E-state index contributed by atoms with van der Waals surface area (Å²) < 4.78 is 58.4. The zero-order chi connectivity index (χ0) is 53.6. The molecule has 0 aromatic heterocycles. The van der Waals surface area contributed by atoms with E-state index in [1.54, 1.807) is 0 Å². The number of ether oxygens (including phenoxy) is 10. The van der Waals surface area contributed by atoms with Crippen LogP contribution in [0.4, 0.5) is 0 Å². The fourth-order valence-electron chi connectivity index (χ4n) is 8.75. The Labute approximate surface area is 409 Å². The van der Waals surface area contributed by atoms with Crippen LogP contribution in [0.15, 0.2) is 0 Å². The summed E-state index contributed by atoms with van der Waals surface area (Å²) in [7, 11) is 0. The van der Waals surface area contributed by atoms with E-state index in [2.05, 4.69) is 10.6 Å². The molecule has 0 aromatic carbocycles. The highest BCUT2D eigenvalue weighted by molar-refractivity contribution is 5.73. The van der Waals surface area contributed by atoms with E-state index in [1.807, 2.05) is 0 Å². The minimum Gasteiger partial charge on any atom is -0.394 e. The Hall–Kier alpha value is -2.18. The van der Waals surface area contributed by atoms with Gasteiger partial charge < -0.3 is 150 Å². The molecule has 5 rings (SSSR count). The molecule has 5 aliphatic rings. The number of aliphatic hydroxyl groups excluding tert-OH is 18. The Morgan fingerprint density at radius 3 is 1.50 bits per heavy atom. The fourth-order valence-corrected chi connectivity index (χ4v) is 8.75. The SMILES string of the molecule is CC(=O)N[C@H]1[C@H](O[C@H]2[C@@H](O)[C@@H](CO[C@@H]3O[C@H](CO)[C@@H](O[C@@H]4O[C@H](CO)[C@H](O)[C@H](O)[C@H]4O)[C@H](O[C@@H]4O[C@@H](C)[C@@H](O)[C@@H](O)[C@@H]4O)[C@H]3NC(C)=O)O[C@@H](O[C@@H]([C@H](O)[C@@H](O)CO)[C@H](O)CO)[C@@H]2O)O[C@H](CO)[C@@H](O)[C@@H]1O. The molecule has 2 amide bonds. The van der Waals surface area contributed by atoms with Gasteiger partial charge in [0.2, 0.25) is 11.8 Å². The maximum Gasteiger partial charge on any atom is 0.217 e. The predicted molar refractivity (Wildman–Crippen MR) is 223 cm³/mol. The van der Waals surface area contributed by atoms with Crippen LogP contribution in [0, 0.1) is 0 Å². The quantitative estimate of drug-likeness (QED) is 0.0507. The van der Waals surface area contributed by atoms with Gasteiger partial charge in [-0.2, -0.15) is 0 Å². The number of carbonyl (C=O) groups excluding carboxylic acids is 2. The van der Waals surface area contributed by atoms with Crippen molar-refractivity contribution >= 4 is 11.8 Å². The van der Waals surface area contributed by atoms with Crippen LogP contribution in [0.25, 0.3) is 0 Å². The second-order valence-corrected chi connectivity index (χ2v) is 18.0. The summed E-state index contributed by atoms with van der Waals surface area (Å²) in [5.74, 6) is -1.67. The van der Waals surface area contributed by atoms with Crippen LogP contribution in [-0.4, -0.2) is 321 Å². The second kappa shape index (κ2) is 26.7. The Morgan fingerprint density at radius 2 is 0.944 bits per heavy atom. The predicted octanol–water partition coefficient (Wildman–Crippen LogP) is -13.1. The molecule has 0 aromatic rings. The maximum absolute atomic E-state index is 12.9. The van der Waals surface area contributed by atoms with Gasteiger partial charge >= 0.3 is 0 Å². The Balaban J connectivity index is 1.53. The maximum atomic E-state index is 12.9. The van der Waals surface area contributed by atoms with Crippen LogP contribution in [0.5, 0.6) is 0 Å². The van der Waals surface area contributed by atoms with E-state index < -0.39 is 229 Å². The van der Waals surface area contributed by atoms with Crippen LogP contribution in [-0.2, 0) is 57.0 Å². The minimum absolute atomic E-state index is 0.804. The molecule has 5 fully saturated rings. The Bertz CT molecular complexity index is 1680. The lowest BCUT2D eigenvalue weighted by Crippen LogP contribution is -2.70. The zero-order valence-corrected chi connectivity index (χ0v) is 38.9. The van der Waals surface area contributed by atoms with Crippen molar-refractivity contribution in [3.8, 4) is 0 Å².